The van der Waals surface area contributed by atoms with Crippen molar-refractivity contribution in [3.8, 4) is 5.75 Å². The van der Waals surface area contributed by atoms with Gasteiger partial charge in [-0.05, 0) is 75.4 Å². The van der Waals surface area contributed by atoms with Crippen molar-refractivity contribution >= 4 is 11.6 Å². The lowest BCUT2D eigenvalue weighted by molar-refractivity contribution is -0.118. The molecule has 1 aliphatic carbocycles. The molecule has 0 unspecified atom stereocenters. The summed E-state index contributed by atoms with van der Waals surface area (Å²) in [6.07, 6.45) is 8.77. The number of rotatable bonds is 9. The second-order valence-corrected chi connectivity index (χ2v) is 7.38. The molecule has 2 aromatic rings. The quantitative estimate of drug-likeness (QED) is 0.477. The third kappa shape index (κ3) is 6.86. The Kier molecular flexibility index (Phi) is 7.68. The van der Waals surface area contributed by atoms with Crippen molar-refractivity contribution in [3.05, 3.63) is 71.3 Å². The summed E-state index contributed by atoms with van der Waals surface area (Å²) in [5.41, 5.74) is 4.76. The monoisotopic (exact) mass is 378 g/mol. The predicted molar refractivity (Wildman–Crippen MR) is 115 cm³/mol. The van der Waals surface area contributed by atoms with E-state index in [2.05, 4.69) is 16.7 Å². The van der Waals surface area contributed by atoms with E-state index in [1.165, 1.54) is 31.2 Å². The molecule has 4 heteroatoms. The Labute approximate surface area is 168 Å². The summed E-state index contributed by atoms with van der Waals surface area (Å²) in [5, 5.41) is 6.34. The normalized spacial score (nSPS) is 13.7. The molecule has 3 rings (SSSR count). The van der Waals surface area contributed by atoms with Crippen LogP contribution in [0.25, 0.3) is 0 Å². The van der Waals surface area contributed by atoms with Crippen LogP contribution in [0, 0.1) is 6.92 Å². The molecule has 148 valence electrons. The van der Waals surface area contributed by atoms with Gasteiger partial charge in [-0.1, -0.05) is 41.5 Å². The Morgan fingerprint density at radius 2 is 1.82 bits per heavy atom. The highest BCUT2D eigenvalue weighted by atomic mass is 16.5. The van der Waals surface area contributed by atoms with Gasteiger partial charge in [-0.2, -0.15) is 0 Å². The summed E-state index contributed by atoms with van der Waals surface area (Å²) in [7, 11) is 0. The van der Waals surface area contributed by atoms with Crippen LogP contribution in [0.2, 0.25) is 0 Å². The minimum Gasteiger partial charge on any atom is -0.484 e. The zero-order valence-electron chi connectivity index (χ0n) is 16.7. The van der Waals surface area contributed by atoms with Gasteiger partial charge < -0.3 is 15.4 Å². The fourth-order valence-corrected chi connectivity index (χ4v) is 3.30. The number of ether oxygens (including phenoxy) is 1. The van der Waals surface area contributed by atoms with Gasteiger partial charge >= 0.3 is 0 Å². The molecule has 0 saturated carbocycles. The van der Waals surface area contributed by atoms with Gasteiger partial charge in [0.1, 0.15) is 5.75 Å². The van der Waals surface area contributed by atoms with Crippen LogP contribution in [-0.2, 0) is 11.3 Å². The van der Waals surface area contributed by atoms with Gasteiger partial charge in [-0.3, -0.25) is 4.79 Å². The maximum Gasteiger partial charge on any atom is 0.262 e. The van der Waals surface area contributed by atoms with E-state index in [0.717, 1.165) is 30.8 Å². The van der Waals surface area contributed by atoms with Crippen molar-refractivity contribution in [1.82, 2.24) is 5.32 Å². The van der Waals surface area contributed by atoms with Crippen molar-refractivity contribution in [1.29, 1.82) is 0 Å². The summed E-state index contributed by atoms with van der Waals surface area (Å²) in [6.45, 7) is 3.88. The molecule has 2 aromatic carbocycles. The van der Waals surface area contributed by atoms with Crippen molar-refractivity contribution in [2.45, 2.75) is 45.6 Å². The van der Waals surface area contributed by atoms with Gasteiger partial charge in [-0.25, -0.2) is 0 Å². The van der Waals surface area contributed by atoms with Crippen LogP contribution in [0.3, 0.4) is 0 Å². The number of carbonyl (C=O) groups excluding carboxylic acids is 1. The van der Waals surface area contributed by atoms with Crippen LogP contribution in [-0.4, -0.2) is 19.1 Å². The molecule has 0 spiro atoms. The molecule has 0 fully saturated rings. The molecule has 28 heavy (non-hydrogen) atoms. The van der Waals surface area contributed by atoms with Crippen LogP contribution in [0.1, 0.15) is 43.2 Å². The minimum absolute atomic E-state index is 0.000580. The number of amides is 1. The number of carbonyl (C=O) groups is 1. The molecule has 2 N–H and O–H groups in total. The van der Waals surface area contributed by atoms with Crippen molar-refractivity contribution < 1.29 is 9.53 Å². The standard InChI is InChI=1S/C24H30N2O2/c1-19-7-11-22(12-8-19)26-24(27)18-28-23-13-9-21(10-14-23)17-25-16-15-20-5-3-2-4-6-20/h5,7-14,25H,2-4,6,15-18H2,1H3,(H,26,27). The van der Waals surface area contributed by atoms with E-state index in [0.29, 0.717) is 5.75 Å². The number of hydrogen-bond acceptors (Lipinski definition) is 3. The third-order valence-electron chi connectivity index (χ3n) is 4.97. The fourth-order valence-electron chi connectivity index (χ4n) is 3.30. The molecule has 0 radical (unpaired) electrons. The number of nitrogens with one attached hydrogen (secondary N) is 2. The van der Waals surface area contributed by atoms with Gasteiger partial charge in [-0.15, -0.1) is 0 Å². The molecular weight excluding hydrogens is 348 g/mol. The van der Waals surface area contributed by atoms with Crippen LogP contribution in [0.5, 0.6) is 5.75 Å². The first-order valence-electron chi connectivity index (χ1n) is 10.2. The third-order valence-corrected chi connectivity index (χ3v) is 4.97. The smallest absolute Gasteiger partial charge is 0.262 e. The molecule has 0 aromatic heterocycles. The Balaban J connectivity index is 1.35. The highest BCUT2D eigenvalue weighted by Gasteiger charge is 2.05. The molecule has 0 atom stereocenters. The highest BCUT2D eigenvalue weighted by molar-refractivity contribution is 5.91. The van der Waals surface area contributed by atoms with E-state index in [4.69, 9.17) is 4.74 Å². The van der Waals surface area contributed by atoms with Crippen LogP contribution >= 0.6 is 0 Å². The SMILES string of the molecule is Cc1ccc(NC(=O)COc2ccc(CNCCC3=CCCCC3)cc2)cc1. The van der Waals surface area contributed by atoms with Crippen LogP contribution in [0.4, 0.5) is 5.69 Å². The number of benzene rings is 2. The molecule has 1 amide bonds. The molecule has 0 bridgehead atoms. The second-order valence-electron chi connectivity index (χ2n) is 7.38. The highest BCUT2D eigenvalue weighted by Crippen LogP contribution is 2.19. The summed E-state index contributed by atoms with van der Waals surface area (Å²) in [4.78, 5) is 12.0. The minimum atomic E-state index is -0.161. The van der Waals surface area contributed by atoms with E-state index in [-0.39, 0.29) is 12.5 Å². The molecule has 0 heterocycles. The van der Waals surface area contributed by atoms with E-state index in [1.54, 1.807) is 5.57 Å². The van der Waals surface area contributed by atoms with E-state index < -0.39 is 0 Å². The average molecular weight is 379 g/mol. The first-order chi connectivity index (χ1) is 13.7. The van der Waals surface area contributed by atoms with E-state index in [1.807, 2.05) is 55.5 Å². The molecule has 0 saturated heterocycles. The van der Waals surface area contributed by atoms with Crippen LogP contribution < -0.4 is 15.4 Å². The van der Waals surface area contributed by atoms with Gasteiger partial charge in [0.2, 0.25) is 0 Å². The topological polar surface area (TPSA) is 50.4 Å². The largest absolute Gasteiger partial charge is 0.484 e. The molecule has 4 nitrogen and oxygen atoms in total. The first-order valence-corrected chi connectivity index (χ1v) is 10.2. The van der Waals surface area contributed by atoms with Crippen molar-refractivity contribution in [2.75, 3.05) is 18.5 Å². The van der Waals surface area contributed by atoms with Gasteiger partial charge in [0.25, 0.3) is 5.91 Å². The first kappa shape index (κ1) is 20.2. The zero-order chi connectivity index (χ0) is 19.6. The number of aryl methyl sites for hydroxylation is 1. The van der Waals surface area contributed by atoms with Crippen molar-refractivity contribution in [3.63, 3.8) is 0 Å². The van der Waals surface area contributed by atoms with Gasteiger partial charge in [0.05, 0.1) is 0 Å². The zero-order valence-corrected chi connectivity index (χ0v) is 16.7. The van der Waals surface area contributed by atoms with Crippen LogP contribution in [0.15, 0.2) is 60.2 Å². The molecule has 0 aliphatic heterocycles. The molecule has 1 aliphatic rings. The Morgan fingerprint density at radius 1 is 1.04 bits per heavy atom. The Morgan fingerprint density at radius 3 is 2.54 bits per heavy atom. The lowest BCUT2D eigenvalue weighted by Crippen LogP contribution is -2.20. The van der Waals surface area contributed by atoms with Gasteiger partial charge in [0, 0.05) is 12.2 Å². The Bertz CT molecular complexity index is 779. The summed E-state index contributed by atoms with van der Waals surface area (Å²) in [5.74, 6) is 0.543. The lowest BCUT2D eigenvalue weighted by atomic mass is 9.97. The fraction of sp³-hybridized carbons (Fsp3) is 0.375. The number of anilines is 1. The second kappa shape index (κ2) is 10.7. The number of allylic oxidation sites excluding steroid dienone is 1. The Hall–Kier alpha value is -2.59. The summed E-state index contributed by atoms with van der Waals surface area (Å²) in [6, 6.07) is 15.6. The van der Waals surface area contributed by atoms with E-state index >= 15 is 0 Å². The maximum absolute atomic E-state index is 12.0. The summed E-state index contributed by atoms with van der Waals surface area (Å²) < 4.78 is 5.58. The van der Waals surface area contributed by atoms with E-state index in [9.17, 15) is 4.79 Å². The summed E-state index contributed by atoms with van der Waals surface area (Å²) >= 11 is 0. The maximum atomic E-state index is 12.0. The van der Waals surface area contributed by atoms with Crippen molar-refractivity contribution in [2.24, 2.45) is 0 Å². The van der Waals surface area contributed by atoms with Gasteiger partial charge in [0.15, 0.2) is 6.61 Å². The molecular formula is C24H30N2O2. The number of hydrogen-bond donors (Lipinski definition) is 2. The predicted octanol–water partition coefficient (Wildman–Crippen LogP) is 4.99. The average Bonchev–Trinajstić information content (AvgIpc) is 2.73. The lowest BCUT2D eigenvalue weighted by Gasteiger charge is -2.13.